The fraction of sp³-hybridized carbons (Fsp3) is 0.600. The van der Waals surface area contributed by atoms with Crippen molar-refractivity contribution in [3.63, 3.8) is 0 Å². The zero-order valence-electron chi connectivity index (χ0n) is 11.0. The smallest absolute Gasteiger partial charge is 0.123 e. The normalized spacial score (nSPS) is 18.8. The molecule has 0 atom stereocenters. The van der Waals surface area contributed by atoms with E-state index in [1.165, 1.54) is 6.07 Å². The van der Waals surface area contributed by atoms with Crippen molar-refractivity contribution in [1.29, 1.82) is 0 Å². The number of hydrogen-bond acceptors (Lipinski definition) is 2. The van der Waals surface area contributed by atoms with E-state index < -0.39 is 0 Å². The van der Waals surface area contributed by atoms with E-state index in [0.717, 1.165) is 51.1 Å². The van der Waals surface area contributed by atoms with Gasteiger partial charge in [0.25, 0.3) is 0 Å². The molecule has 1 heterocycles. The van der Waals surface area contributed by atoms with Gasteiger partial charge < -0.3 is 10.1 Å². The molecule has 1 saturated heterocycles. The number of benzene rings is 1. The predicted octanol–water partition coefficient (Wildman–Crippen LogP) is 2.77. The van der Waals surface area contributed by atoms with Gasteiger partial charge in [-0.05, 0) is 48.9 Å². The van der Waals surface area contributed by atoms with Crippen LogP contribution in [0, 0.1) is 11.2 Å². The Morgan fingerprint density at radius 2 is 2.11 bits per heavy atom. The molecule has 0 saturated carbocycles. The maximum Gasteiger partial charge on any atom is 0.123 e. The molecule has 0 aromatic heterocycles. The molecule has 0 amide bonds. The van der Waals surface area contributed by atoms with Gasteiger partial charge in [-0.2, -0.15) is 0 Å². The Kier molecular flexibility index (Phi) is 4.72. The lowest BCUT2D eigenvalue weighted by Crippen LogP contribution is -2.40. The highest BCUT2D eigenvalue weighted by molar-refractivity contribution is 5.18. The number of rotatable bonds is 5. The number of halogens is 1. The molecule has 0 unspecified atom stereocenters. The van der Waals surface area contributed by atoms with Crippen LogP contribution in [0.15, 0.2) is 24.3 Å². The van der Waals surface area contributed by atoms with Gasteiger partial charge in [-0.3, -0.25) is 0 Å². The van der Waals surface area contributed by atoms with Crippen molar-refractivity contribution in [3.05, 3.63) is 35.6 Å². The van der Waals surface area contributed by atoms with Gasteiger partial charge in [0.15, 0.2) is 0 Å². The van der Waals surface area contributed by atoms with Crippen LogP contribution >= 0.6 is 0 Å². The van der Waals surface area contributed by atoms with Crippen LogP contribution in [0.5, 0.6) is 0 Å². The minimum Gasteiger partial charge on any atom is -0.381 e. The van der Waals surface area contributed by atoms with Gasteiger partial charge in [-0.15, -0.1) is 0 Å². The molecule has 0 bridgehead atoms. The number of ether oxygens (including phenoxy) is 1. The SMILES string of the molecule is CCNCC1(Cc2cccc(F)c2)CCOCC1. The molecule has 1 aliphatic rings. The second kappa shape index (κ2) is 6.30. The molecular formula is C15H22FNO. The van der Waals surface area contributed by atoms with Crippen molar-refractivity contribution in [2.75, 3.05) is 26.3 Å². The van der Waals surface area contributed by atoms with Crippen molar-refractivity contribution in [2.24, 2.45) is 5.41 Å². The van der Waals surface area contributed by atoms with Crippen LogP contribution in [0.2, 0.25) is 0 Å². The molecule has 1 aromatic carbocycles. The third-order valence-electron chi connectivity index (χ3n) is 3.77. The molecule has 1 fully saturated rings. The molecule has 100 valence electrons. The molecule has 0 spiro atoms. The highest BCUT2D eigenvalue weighted by Gasteiger charge is 2.32. The molecule has 18 heavy (non-hydrogen) atoms. The van der Waals surface area contributed by atoms with Crippen LogP contribution in [0.25, 0.3) is 0 Å². The van der Waals surface area contributed by atoms with E-state index in [0.29, 0.717) is 0 Å². The van der Waals surface area contributed by atoms with Crippen molar-refractivity contribution in [1.82, 2.24) is 5.32 Å². The van der Waals surface area contributed by atoms with Gasteiger partial charge in [0.2, 0.25) is 0 Å². The molecule has 1 aromatic rings. The van der Waals surface area contributed by atoms with Crippen LogP contribution in [0.4, 0.5) is 4.39 Å². The Bertz CT molecular complexity index is 375. The zero-order chi connectivity index (χ0) is 12.8. The summed E-state index contributed by atoms with van der Waals surface area (Å²) in [6, 6.07) is 6.98. The number of hydrogen-bond donors (Lipinski definition) is 1. The van der Waals surface area contributed by atoms with Gasteiger partial charge >= 0.3 is 0 Å². The van der Waals surface area contributed by atoms with Crippen molar-refractivity contribution in [3.8, 4) is 0 Å². The Hall–Kier alpha value is -0.930. The lowest BCUT2D eigenvalue weighted by atomic mass is 9.75. The Morgan fingerprint density at radius 3 is 2.78 bits per heavy atom. The van der Waals surface area contributed by atoms with Crippen LogP contribution in [-0.4, -0.2) is 26.3 Å². The molecule has 3 heteroatoms. The quantitative estimate of drug-likeness (QED) is 0.869. The van der Waals surface area contributed by atoms with Crippen LogP contribution in [0.3, 0.4) is 0 Å². The summed E-state index contributed by atoms with van der Waals surface area (Å²) in [5.74, 6) is -0.141. The molecule has 1 aliphatic heterocycles. The highest BCUT2D eigenvalue weighted by atomic mass is 19.1. The molecular weight excluding hydrogens is 229 g/mol. The van der Waals surface area contributed by atoms with E-state index in [4.69, 9.17) is 4.74 Å². The van der Waals surface area contributed by atoms with Crippen molar-refractivity contribution in [2.45, 2.75) is 26.2 Å². The first-order chi connectivity index (χ1) is 8.74. The monoisotopic (exact) mass is 251 g/mol. The van der Waals surface area contributed by atoms with Gasteiger partial charge in [0.1, 0.15) is 5.82 Å². The lowest BCUT2D eigenvalue weighted by molar-refractivity contribution is 0.0151. The Balaban J connectivity index is 2.08. The second-order valence-corrected chi connectivity index (χ2v) is 5.20. The molecule has 1 N–H and O–H groups in total. The highest BCUT2D eigenvalue weighted by Crippen LogP contribution is 2.33. The summed E-state index contributed by atoms with van der Waals surface area (Å²) >= 11 is 0. The summed E-state index contributed by atoms with van der Waals surface area (Å²) in [5.41, 5.74) is 1.32. The van der Waals surface area contributed by atoms with E-state index in [9.17, 15) is 4.39 Å². The number of nitrogens with one attached hydrogen (secondary N) is 1. The Labute approximate surface area is 109 Å². The van der Waals surface area contributed by atoms with Crippen LogP contribution < -0.4 is 5.32 Å². The molecule has 0 aliphatic carbocycles. The minimum atomic E-state index is -0.141. The predicted molar refractivity (Wildman–Crippen MR) is 71.1 cm³/mol. The molecule has 2 rings (SSSR count). The maximum atomic E-state index is 13.3. The summed E-state index contributed by atoms with van der Waals surface area (Å²) < 4.78 is 18.7. The summed E-state index contributed by atoms with van der Waals surface area (Å²) in [4.78, 5) is 0. The van der Waals surface area contributed by atoms with Crippen LogP contribution in [-0.2, 0) is 11.2 Å². The first kappa shape index (κ1) is 13.5. The van der Waals surface area contributed by atoms with E-state index in [1.807, 2.05) is 6.07 Å². The largest absolute Gasteiger partial charge is 0.381 e. The van der Waals surface area contributed by atoms with Gasteiger partial charge in [-0.1, -0.05) is 19.1 Å². The molecule has 2 nitrogen and oxygen atoms in total. The lowest BCUT2D eigenvalue weighted by Gasteiger charge is -2.37. The summed E-state index contributed by atoms with van der Waals surface area (Å²) in [5, 5.41) is 3.44. The third-order valence-corrected chi connectivity index (χ3v) is 3.77. The zero-order valence-corrected chi connectivity index (χ0v) is 11.0. The fourth-order valence-electron chi connectivity index (χ4n) is 2.69. The van der Waals surface area contributed by atoms with Crippen LogP contribution in [0.1, 0.15) is 25.3 Å². The second-order valence-electron chi connectivity index (χ2n) is 5.20. The maximum absolute atomic E-state index is 13.3. The van der Waals surface area contributed by atoms with E-state index in [2.05, 4.69) is 12.2 Å². The van der Waals surface area contributed by atoms with Gasteiger partial charge in [0, 0.05) is 19.8 Å². The first-order valence-corrected chi connectivity index (χ1v) is 6.77. The average molecular weight is 251 g/mol. The average Bonchev–Trinajstić information content (AvgIpc) is 2.38. The Morgan fingerprint density at radius 1 is 1.33 bits per heavy atom. The summed E-state index contributed by atoms with van der Waals surface area (Å²) in [6.07, 6.45) is 3.04. The third kappa shape index (κ3) is 3.53. The topological polar surface area (TPSA) is 21.3 Å². The first-order valence-electron chi connectivity index (χ1n) is 6.77. The van der Waals surface area contributed by atoms with Gasteiger partial charge in [-0.25, -0.2) is 4.39 Å². The fourth-order valence-corrected chi connectivity index (χ4v) is 2.69. The van der Waals surface area contributed by atoms with Crippen molar-refractivity contribution >= 4 is 0 Å². The summed E-state index contributed by atoms with van der Waals surface area (Å²) in [7, 11) is 0. The minimum absolute atomic E-state index is 0.141. The van der Waals surface area contributed by atoms with E-state index >= 15 is 0 Å². The van der Waals surface area contributed by atoms with Gasteiger partial charge in [0.05, 0.1) is 0 Å². The summed E-state index contributed by atoms with van der Waals surface area (Å²) in [6.45, 7) is 5.73. The molecule has 0 radical (unpaired) electrons. The van der Waals surface area contributed by atoms with E-state index in [-0.39, 0.29) is 11.2 Å². The standard InChI is InChI=1S/C15H22FNO/c1-2-17-12-15(6-8-18-9-7-15)11-13-4-3-5-14(16)10-13/h3-5,10,17H,2,6-9,11-12H2,1H3. The van der Waals surface area contributed by atoms with Crippen molar-refractivity contribution < 1.29 is 9.13 Å². The van der Waals surface area contributed by atoms with E-state index in [1.54, 1.807) is 12.1 Å².